The van der Waals surface area contributed by atoms with Crippen molar-refractivity contribution in [1.29, 1.82) is 0 Å². The Morgan fingerprint density at radius 3 is 2.50 bits per heavy atom. The summed E-state index contributed by atoms with van der Waals surface area (Å²) in [6, 6.07) is 10.5. The van der Waals surface area contributed by atoms with Crippen molar-refractivity contribution < 1.29 is 4.79 Å². The Bertz CT molecular complexity index is 404. The smallest absolute Gasteiger partial charge is 0.239 e. The number of hydrogen-bond donors (Lipinski definition) is 2. The molecule has 1 saturated carbocycles. The molecule has 3 nitrogen and oxygen atoms in total. The van der Waals surface area contributed by atoms with Gasteiger partial charge < -0.3 is 11.1 Å². The molecule has 2 rings (SSSR count). The van der Waals surface area contributed by atoms with E-state index in [-0.39, 0.29) is 11.9 Å². The second kappa shape index (κ2) is 5.11. The Morgan fingerprint density at radius 2 is 2.00 bits per heavy atom. The van der Waals surface area contributed by atoms with Crippen LogP contribution in [0.5, 0.6) is 0 Å². The maximum absolute atomic E-state index is 12.0. The third-order valence-electron chi connectivity index (χ3n) is 3.39. The van der Waals surface area contributed by atoms with Gasteiger partial charge in [-0.2, -0.15) is 0 Å². The molecule has 1 amide bonds. The first-order valence-corrected chi connectivity index (χ1v) is 6.60. The summed E-state index contributed by atoms with van der Waals surface area (Å²) in [4.78, 5) is 12.0. The normalized spacial score (nSPS) is 17.3. The summed E-state index contributed by atoms with van der Waals surface area (Å²) < 4.78 is 0. The molecule has 1 atom stereocenters. The lowest BCUT2D eigenvalue weighted by molar-refractivity contribution is -0.126. The molecule has 1 fully saturated rings. The maximum atomic E-state index is 12.0. The summed E-state index contributed by atoms with van der Waals surface area (Å²) in [6.07, 6.45) is 3.32. The van der Waals surface area contributed by atoms with Crippen LogP contribution in [-0.4, -0.2) is 17.5 Å². The molecule has 18 heavy (non-hydrogen) atoms. The minimum absolute atomic E-state index is 0.0599. The number of hydrogen-bond acceptors (Lipinski definition) is 2. The molecule has 1 unspecified atom stereocenters. The summed E-state index contributed by atoms with van der Waals surface area (Å²) in [5.74, 6) is 0.562. The summed E-state index contributed by atoms with van der Waals surface area (Å²) in [5.41, 5.74) is 6.30. The fraction of sp³-hybridized carbons (Fsp3) is 0.533. The highest BCUT2D eigenvalue weighted by atomic mass is 16.2. The van der Waals surface area contributed by atoms with Crippen LogP contribution in [-0.2, 0) is 11.2 Å². The number of rotatable bonds is 5. The Labute approximate surface area is 109 Å². The van der Waals surface area contributed by atoms with Crippen LogP contribution in [0.4, 0.5) is 0 Å². The number of nitrogens with two attached hydrogens (primary N) is 1. The van der Waals surface area contributed by atoms with Crippen LogP contribution in [0, 0.1) is 5.92 Å². The highest BCUT2D eigenvalue weighted by Crippen LogP contribution is 2.34. The fourth-order valence-corrected chi connectivity index (χ4v) is 2.06. The molecule has 0 bridgehead atoms. The fourth-order valence-electron chi connectivity index (χ4n) is 2.06. The van der Waals surface area contributed by atoms with Crippen LogP contribution < -0.4 is 11.1 Å². The van der Waals surface area contributed by atoms with Gasteiger partial charge >= 0.3 is 0 Å². The molecule has 1 aromatic rings. The zero-order valence-electron chi connectivity index (χ0n) is 11.1. The van der Waals surface area contributed by atoms with Gasteiger partial charge in [-0.05, 0) is 44.6 Å². The van der Waals surface area contributed by atoms with Crippen LogP contribution in [0.25, 0.3) is 0 Å². The number of benzene rings is 1. The summed E-state index contributed by atoms with van der Waals surface area (Å²) in [5, 5.41) is 3.10. The SMILES string of the molecule is CC(C)(N)C(=O)NC(Cc1ccccc1)C1CC1. The molecule has 3 N–H and O–H groups in total. The van der Waals surface area contributed by atoms with Crippen LogP contribution >= 0.6 is 0 Å². The van der Waals surface area contributed by atoms with Gasteiger partial charge in [0.15, 0.2) is 0 Å². The molecule has 0 radical (unpaired) electrons. The Kier molecular flexibility index (Phi) is 3.71. The summed E-state index contributed by atoms with van der Waals surface area (Å²) >= 11 is 0. The van der Waals surface area contributed by atoms with Crippen molar-refractivity contribution in [1.82, 2.24) is 5.32 Å². The zero-order chi connectivity index (χ0) is 13.2. The van der Waals surface area contributed by atoms with Crippen LogP contribution in [0.2, 0.25) is 0 Å². The van der Waals surface area contributed by atoms with E-state index in [1.807, 2.05) is 18.2 Å². The standard InChI is InChI=1S/C15H22N2O/c1-15(2,16)14(18)17-13(12-8-9-12)10-11-6-4-3-5-7-11/h3-7,12-13H,8-10,16H2,1-2H3,(H,17,18). The third-order valence-corrected chi connectivity index (χ3v) is 3.39. The van der Waals surface area contributed by atoms with Gasteiger partial charge in [-0.25, -0.2) is 0 Å². The van der Waals surface area contributed by atoms with E-state index in [4.69, 9.17) is 5.73 Å². The molecule has 0 spiro atoms. The highest BCUT2D eigenvalue weighted by Gasteiger charge is 2.34. The van der Waals surface area contributed by atoms with Crippen LogP contribution in [0.1, 0.15) is 32.3 Å². The number of carbonyl (C=O) groups is 1. The molecule has 1 aliphatic carbocycles. The van der Waals surface area contributed by atoms with Crippen molar-refractivity contribution in [3.63, 3.8) is 0 Å². The first kappa shape index (κ1) is 13.1. The van der Waals surface area contributed by atoms with Crippen LogP contribution in [0.15, 0.2) is 30.3 Å². The minimum Gasteiger partial charge on any atom is -0.351 e. The van der Waals surface area contributed by atoms with E-state index in [1.54, 1.807) is 13.8 Å². The molecule has 98 valence electrons. The minimum atomic E-state index is -0.802. The van der Waals surface area contributed by atoms with Crippen molar-refractivity contribution in [2.24, 2.45) is 11.7 Å². The monoisotopic (exact) mass is 246 g/mol. The second-order valence-electron chi connectivity index (χ2n) is 5.83. The van der Waals surface area contributed by atoms with Gasteiger partial charge in [-0.15, -0.1) is 0 Å². The van der Waals surface area contributed by atoms with Gasteiger partial charge in [0.05, 0.1) is 5.54 Å². The third kappa shape index (κ3) is 3.57. The Morgan fingerprint density at radius 1 is 1.39 bits per heavy atom. The first-order chi connectivity index (χ1) is 8.47. The average molecular weight is 246 g/mol. The topological polar surface area (TPSA) is 55.1 Å². The molecule has 1 aliphatic rings. The van der Waals surface area contributed by atoms with Crippen molar-refractivity contribution in [3.05, 3.63) is 35.9 Å². The lowest BCUT2D eigenvalue weighted by atomic mass is 9.99. The Balaban J connectivity index is 1.99. The van der Waals surface area contributed by atoms with E-state index in [2.05, 4.69) is 17.4 Å². The molecule has 3 heteroatoms. The molecule has 0 heterocycles. The number of carbonyl (C=O) groups excluding carboxylic acids is 1. The molecule has 0 aromatic heterocycles. The number of nitrogens with one attached hydrogen (secondary N) is 1. The van der Waals surface area contributed by atoms with E-state index in [0.717, 1.165) is 6.42 Å². The van der Waals surface area contributed by atoms with Gasteiger partial charge in [0.2, 0.25) is 5.91 Å². The maximum Gasteiger partial charge on any atom is 0.239 e. The molecular weight excluding hydrogens is 224 g/mol. The zero-order valence-corrected chi connectivity index (χ0v) is 11.1. The average Bonchev–Trinajstić information content (AvgIpc) is 3.12. The predicted molar refractivity (Wildman–Crippen MR) is 73.1 cm³/mol. The summed E-state index contributed by atoms with van der Waals surface area (Å²) in [6.45, 7) is 3.49. The lowest BCUT2D eigenvalue weighted by Gasteiger charge is -2.24. The lowest BCUT2D eigenvalue weighted by Crippen LogP contribution is -2.53. The van der Waals surface area contributed by atoms with Crippen LogP contribution in [0.3, 0.4) is 0 Å². The van der Waals surface area contributed by atoms with E-state index >= 15 is 0 Å². The molecule has 0 saturated heterocycles. The van der Waals surface area contributed by atoms with E-state index in [1.165, 1.54) is 18.4 Å². The van der Waals surface area contributed by atoms with Crippen molar-refractivity contribution in [3.8, 4) is 0 Å². The first-order valence-electron chi connectivity index (χ1n) is 6.60. The predicted octanol–water partition coefficient (Wildman–Crippen LogP) is 1.86. The largest absolute Gasteiger partial charge is 0.351 e. The van der Waals surface area contributed by atoms with Gasteiger partial charge in [0, 0.05) is 6.04 Å². The van der Waals surface area contributed by atoms with Gasteiger partial charge in [0.25, 0.3) is 0 Å². The highest BCUT2D eigenvalue weighted by molar-refractivity contribution is 5.85. The van der Waals surface area contributed by atoms with E-state index < -0.39 is 5.54 Å². The van der Waals surface area contributed by atoms with Crippen molar-refractivity contribution in [2.45, 2.75) is 44.7 Å². The summed E-state index contributed by atoms with van der Waals surface area (Å²) in [7, 11) is 0. The molecule has 0 aliphatic heterocycles. The quantitative estimate of drug-likeness (QED) is 0.833. The van der Waals surface area contributed by atoms with E-state index in [0.29, 0.717) is 5.92 Å². The van der Waals surface area contributed by atoms with E-state index in [9.17, 15) is 4.79 Å². The molecule has 1 aromatic carbocycles. The van der Waals surface area contributed by atoms with Crippen molar-refractivity contribution >= 4 is 5.91 Å². The van der Waals surface area contributed by atoms with Gasteiger partial charge in [-0.1, -0.05) is 30.3 Å². The second-order valence-corrected chi connectivity index (χ2v) is 5.83. The molecular formula is C15H22N2O. The number of amides is 1. The van der Waals surface area contributed by atoms with Gasteiger partial charge in [-0.3, -0.25) is 4.79 Å². The Hall–Kier alpha value is -1.35. The van der Waals surface area contributed by atoms with Gasteiger partial charge in [0.1, 0.15) is 0 Å². The van der Waals surface area contributed by atoms with Crippen molar-refractivity contribution in [2.75, 3.05) is 0 Å².